The van der Waals surface area contributed by atoms with Crippen LogP contribution in [0.5, 0.6) is 0 Å². The number of rotatable bonds is 6. The first-order valence-corrected chi connectivity index (χ1v) is 33.9. The summed E-state index contributed by atoms with van der Waals surface area (Å²) in [4.78, 5) is 0. The van der Waals surface area contributed by atoms with Crippen molar-refractivity contribution in [1.29, 1.82) is 0 Å². The molecule has 0 N–H and O–H groups in total. The maximum absolute atomic E-state index is 2.69. The minimum Gasteiger partial charge on any atom is -0.0587 e. The fourth-order valence-electron chi connectivity index (χ4n) is 17.1. The van der Waals surface area contributed by atoms with Crippen LogP contribution < -0.4 is 0 Å². The molecule has 0 fully saturated rings. The first-order chi connectivity index (χ1) is 42.5. The van der Waals surface area contributed by atoms with E-state index in [1.807, 2.05) is 0 Å². The number of benzene rings is 14. The highest BCUT2D eigenvalue weighted by atomic mass is 14.4. The topological polar surface area (TPSA) is 0 Å². The van der Waals surface area contributed by atoms with E-state index in [4.69, 9.17) is 0 Å². The van der Waals surface area contributed by atoms with E-state index in [-0.39, 0.29) is 21.7 Å². The summed E-state index contributed by atoms with van der Waals surface area (Å²) in [6.45, 7) is 47.9. The van der Waals surface area contributed by atoms with E-state index in [0.717, 1.165) is 0 Å². The van der Waals surface area contributed by atoms with E-state index in [1.54, 1.807) is 0 Å². The summed E-state index contributed by atoms with van der Waals surface area (Å²) in [7, 11) is 0. The van der Waals surface area contributed by atoms with Gasteiger partial charge in [0.15, 0.2) is 0 Å². The van der Waals surface area contributed by atoms with Crippen LogP contribution in [-0.4, -0.2) is 0 Å². The quantitative estimate of drug-likeness (QED) is 0.115. The molecule has 0 aliphatic heterocycles. The normalized spacial score (nSPS) is 13.7. The lowest BCUT2D eigenvalue weighted by atomic mass is 9.76. The van der Waals surface area contributed by atoms with Crippen LogP contribution in [0.15, 0.2) is 146 Å². The monoisotopic (exact) mass is 1170 g/mol. The zero-order valence-corrected chi connectivity index (χ0v) is 57.2. The van der Waals surface area contributed by atoms with Crippen molar-refractivity contribution in [1.82, 2.24) is 0 Å². The molecule has 0 atom stereocenters. The van der Waals surface area contributed by atoms with Gasteiger partial charge in [-0.05, 0) is 264 Å². The summed E-state index contributed by atoms with van der Waals surface area (Å²) in [6, 6.07) is 60.4. The standard InChI is InChI=1S/C90H88/c1-45(2)57-25-21-49-22-26-58(46(3)4)78-64-32-30-62-70-44-72-71(43-69(70)61-29-31-63(77(57)75(49)78)82(64)81(61)62)73(51-37-53(87(9,10)11)41-54(38-51)88(12,13)14)85-67-35-33-65-79-59(47(5)6)27-23-50-24-28-60(48(7)8)80(76(50)79)66-34-36-68(84(67)83(65)66)86(85)74(72)52-39-55(89(15,16)17)42-56(40-52)90(18,19)20/h21-48H,1-20H3. The third kappa shape index (κ3) is 7.85. The van der Waals surface area contributed by atoms with Crippen molar-refractivity contribution in [2.24, 2.45) is 0 Å². The maximum atomic E-state index is 2.69. The number of hydrogen-bond donors (Lipinski definition) is 0. The van der Waals surface area contributed by atoms with Crippen molar-refractivity contribution in [3.8, 4) is 22.3 Å². The molecular formula is C90H88. The molecule has 0 nitrogen and oxygen atoms in total. The van der Waals surface area contributed by atoms with Gasteiger partial charge in [0.25, 0.3) is 0 Å². The molecule has 0 radical (unpaired) electrons. The van der Waals surface area contributed by atoms with E-state index >= 15 is 0 Å². The summed E-state index contributed by atoms with van der Waals surface area (Å²) in [5, 5.41) is 35.8. The smallest absolute Gasteiger partial charge is 0.000740 e. The first kappa shape index (κ1) is 57.1. The van der Waals surface area contributed by atoms with Gasteiger partial charge in [-0.3, -0.25) is 0 Å². The van der Waals surface area contributed by atoms with Crippen LogP contribution >= 0.6 is 0 Å². The van der Waals surface area contributed by atoms with Crippen LogP contribution in [0.3, 0.4) is 0 Å². The average molecular weight is 1170 g/mol. The summed E-state index contributed by atoms with van der Waals surface area (Å²) < 4.78 is 0. The van der Waals surface area contributed by atoms with Gasteiger partial charge in [-0.15, -0.1) is 0 Å². The summed E-state index contributed by atoms with van der Waals surface area (Å²) >= 11 is 0. The van der Waals surface area contributed by atoms with Gasteiger partial charge in [-0.25, -0.2) is 0 Å². The predicted molar refractivity (Wildman–Crippen MR) is 401 cm³/mol. The molecule has 0 saturated carbocycles. The molecule has 0 aromatic heterocycles. The molecule has 0 spiro atoms. The van der Waals surface area contributed by atoms with Gasteiger partial charge in [0, 0.05) is 0 Å². The van der Waals surface area contributed by atoms with E-state index in [2.05, 4.69) is 284 Å². The highest BCUT2D eigenvalue weighted by Crippen LogP contribution is 2.58. The van der Waals surface area contributed by atoms with Crippen molar-refractivity contribution in [3.05, 3.63) is 190 Å². The zero-order valence-electron chi connectivity index (χ0n) is 57.2. The molecule has 448 valence electrons. The first-order valence-electron chi connectivity index (χ1n) is 33.9. The Morgan fingerprint density at radius 3 is 0.678 bits per heavy atom. The second-order valence-electron chi connectivity index (χ2n) is 33.1. The van der Waals surface area contributed by atoms with Gasteiger partial charge in [0.05, 0.1) is 0 Å². The Labute approximate surface area is 533 Å². The van der Waals surface area contributed by atoms with Gasteiger partial charge < -0.3 is 0 Å². The van der Waals surface area contributed by atoms with Crippen LogP contribution in [0.2, 0.25) is 0 Å². The van der Waals surface area contributed by atoms with Crippen molar-refractivity contribution in [2.45, 2.75) is 184 Å². The largest absolute Gasteiger partial charge is 0.0587 e. The zero-order chi connectivity index (χ0) is 63.2. The fraction of sp³-hybridized carbons (Fsp3) is 0.311. The minimum absolute atomic E-state index is 0.0983. The van der Waals surface area contributed by atoms with Crippen LogP contribution in [0.1, 0.15) is 207 Å². The lowest BCUT2D eigenvalue weighted by Gasteiger charge is -2.28. The Morgan fingerprint density at radius 2 is 0.433 bits per heavy atom. The van der Waals surface area contributed by atoms with Gasteiger partial charge in [0.2, 0.25) is 0 Å². The number of hydrogen-bond acceptors (Lipinski definition) is 0. The molecule has 16 rings (SSSR count). The Morgan fingerprint density at radius 1 is 0.200 bits per heavy atom. The molecule has 0 heterocycles. The molecule has 0 heteroatoms. The molecule has 90 heavy (non-hydrogen) atoms. The third-order valence-electron chi connectivity index (χ3n) is 21.9. The van der Waals surface area contributed by atoms with Crippen molar-refractivity contribution in [2.75, 3.05) is 0 Å². The summed E-state index contributed by atoms with van der Waals surface area (Å²) in [5.41, 5.74) is 16.1. The fourth-order valence-corrected chi connectivity index (χ4v) is 17.1. The SMILES string of the molecule is CC(C)c1ccc2ccc(C(C)C)c3c4ccc5c6cc7c(-c8cc(C(C)(C)C)cc(C(C)(C)C)c8)c8c9ccc%10c%11c(C(C)C)ccc%12ccc(C(C)C)c(c%13ccc(c8c(-c8cc(C(C)(C)C)cc(C(C)(C)C)c8)c7cc6c6ccc(c1c23)c4c65)c9c%13%10)c%12%11. The second kappa shape index (κ2) is 18.8. The van der Waals surface area contributed by atoms with Crippen LogP contribution in [0.4, 0.5) is 0 Å². The van der Waals surface area contributed by atoms with Gasteiger partial charge in [-0.1, -0.05) is 272 Å². The Hall–Kier alpha value is -8.06. The molecule has 0 saturated heterocycles. The lowest BCUT2D eigenvalue weighted by molar-refractivity contribution is 0.568. The van der Waals surface area contributed by atoms with E-state index < -0.39 is 0 Å². The summed E-state index contributed by atoms with van der Waals surface area (Å²) in [5.74, 6) is 1.44. The third-order valence-corrected chi connectivity index (χ3v) is 21.9. The van der Waals surface area contributed by atoms with Crippen molar-refractivity contribution >= 4 is 140 Å². The molecular weight excluding hydrogens is 1080 g/mol. The number of fused-ring (bicyclic) bond motifs is 11. The van der Waals surface area contributed by atoms with Crippen LogP contribution in [0, 0.1) is 0 Å². The molecule has 0 aliphatic rings. The van der Waals surface area contributed by atoms with Crippen molar-refractivity contribution in [3.63, 3.8) is 0 Å². The van der Waals surface area contributed by atoms with Crippen molar-refractivity contribution < 1.29 is 0 Å². The Balaban J connectivity index is 1.19. The average Bonchev–Trinajstić information content (AvgIpc) is 1.43. The maximum Gasteiger partial charge on any atom is -0.000740 e. The molecule has 0 bridgehead atoms. The van der Waals surface area contributed by atoms with Crippen LogP contribution in [0.25, 0.3) is 162 Å². The predicted octanol–water partition coefficient (Wildman–Crippen LogP) is 27.4. The molecule has 16 aromatic rings. The van der Waals surface area contributed by atoms with Gasteiger partial charge >= 0.3 is 0 Å². The van der Waals surface area contributed by atoms with Gasteiger partial charge in [-0.2, -0.15) is 0 Å². The molecule has 16 aromatic carbocycles. The van der Waals surface area contributed by atoms with E-state index in [0.29, 0.717) is 23.7 Å². The van der Waals surface area contributed by atoms with E-state index in [9.17, 15) is 0 Å². The second-order valence-corrected chi connectivity index (χ2v) is 33.1. The lowest BCUT2D eigenvalue weighted by Crippen LogP contribution is -2.16. The van der Waals surface area contributed by atoms with Crippen LogP contribution in [-0.2, 0) is 21.7 Å². The Kier molecular flexibility index (Phi) is 11.9. The minimum atomic E-state index is -0.0983. The molecule has 0 amide bonds. The highest BCUT2D eigenvalue weighted by Gasteiger charge is 2.33. The van der Waals surface area contributed by atoms with Gasteiger partial charge in [0.1, 0.15) is 0 Å². The molecule has 0 unspecified atom stereocenters. The highest BCUT2D eigenvalue weighted by molar-refractivity contribution is 6.48. The Bertz CT molecular complexity index is 5320. The summed E-state index contributed by atoms with van der Waals surface area (Å²) in [6.07, 6.45) is 0. The molecule has 0 aliphatic carbocycles. The van der Waals surface area contributed by atoms with E-state index in [1.165, 1.54) is 207 Å².